The number of nitrogens with zero attached hydrogens (tertiary/aromatic N) is 2. The number of aryl methyl sites for hydroxylation is 2. The Morgan fingerprint density at radius 3 is 2.87 bits per heavy atom. The van der Waals surface area contributed by atoms with Crippen LogP contribution >= 0.6 is 11.8 Å². The van der Waals surface area contributed by atoms with Gasteiger partial charge >= 0.3 is 0 Å². The maximum absolute atomic E-state index is 4.32. The van der Waals surface area contributed by atoms with Crippen LogP contribution in [-0.4, -0.2) is 28.6 Å². The van der Waals surface area contributed by atoms with E-state index >= 15 is 0 Å². The Kier molecular flexibility index (Phi) is 5.19. The number of hydrogen-bond donors (Lipinski definition) is 1. The minimum Gasteiger partial charge on any atom is -0.317 e. The Morgan fingerprint density at radius 2 is 2.33 bits per heavy atom. The van der Waals surface area contributed by atoms with Crippen molar-refractivity contribution in [2.24, 2.45) is 7.05 Å². The average Bonchev–Trinajstić information content (AvgIpc) is 2.52. The molecule has 1 aromatic rings. The van der Waals surface area contributed by atoms with Crippen LogP contribution in [0, 0.1) is 6.92 Å². The van der Waals surface area contributed by atoms with Crippen LogP contribution in [0.25, 0.3) is 0 Å². The van der Waals surface area contributed by atoms with Crippen LogP contribution < -0.4 is 5.32 Å². The highest BCUT2D eigenvalue weighted by atomic mass is 32.2. The number of hydrogen-bond acceptors (Lipinski definition) is 3. The van der Waals surface area contributed by atoms with E-state index in [9.17, 15) is 0 Å². The first kappa shape index (κ1) is 12.6. The van der Waals surface area contributed by atoms with Gasteiger partial charge < -0.3 is 5.32 Å². The molecule has 86 valence electrons. The quantitative estimate of drug-likeness (QED) is 0.597. The summed E-state index contributed by atoms with van der Waals surface area (Å²) in [5, 5.41) is 8.85. The van der Waals surface area contributed by atoms with Gasteiger partial charge in [-0.3, -0.25) is 4.68 Å². The maximum Gasteiger partial charge on any atom is 0.0939 e. The summed E-state index contributed by atoms with van der Waals surface area (Å²) in [4.78, 5) is 0. The molecular formula is C11H21N3S. The molecule has 0 aliphatic heterocycles. The smallest absolute Gasteiger partial charge is 0.0939 e. The fourth-order valence-electron chi connectivity index (χ4n) is 1.43. The highest BCUT2D eigenvalue weighted by Gasteiger charge is 2.03. The van der Waals surface area contributed by atoms with Crippen molar-refractivity contribution in [3.05, 3.63) is 11.8 Å². The van der Waals surface area contributed by atoms with Crippen LogP contribution in [0.2, 0.25) is 0 Å². The summed E-state index contributed by atoms with van der Waals surface area (Å²) in [6.45, 7) is 4.26. The minimum atomic E-state index is 0.624. The van der Waals surface area contributed by atoms with E-state index in [1.807, 2.05) is 37.5 Å². The zero-order valence-corrected chi connectivity index (χ0v) is 10.9. The molecule has 0 radical (unpaired) electrons. The molecule has 1 aromatic heterocycles. The van der Waals surface area contributed by atoms with E-state index in [2.05, 4.69) is 23.4 Å². The standard InChI is InChI=1S/C11H21N3S/c1-9(12-3)6-5-7-15-11-8-10(2)13-14(11)4/h8-9,12H,5-7H2,1-4H3. The summed E-state index contributed by atoms with van der Waals surface area (Å²) in [5.74, 6) is 1.17. The molecule has 3 nitrogen and oxygen atoms in total. The molecule has 0 amide bonds. The first-order chi connectivity index (χ1) is 7.13. The van der Waals surface area contributed by atoms with Crippen molar-refractivity contribution in [3.63, 3.8) is 0 Å². The molecule has 1 unspecified atom stereocenters. The van der Waals surface area contributed by atoms with Gasteiger partial charge in [0.05, 0.1) is 10.7 Å². The monoisotopic (exact) mass is 227 g/mol. The minimum absolute atomic E-state index is 0.624. The number of thioether (sulfide) groups is 1. The van der Waals surface area contributed by atoms with Crippen LogP contribution in [0.1, 0.15) is 25.5 Å². The molecule has 15 heavy (non-hydrogen) atoms. The Morgan fingerprint density at radius 1 is 1.60 bits per heavy atom. The second kappa shape index (κ2) is 6.18. The van der Waals surface area contributed by atoms with Gasteiger partial charge in [-0.2, -0.15) is 5.10 Å². The lowest BCUT2D eigenvalue weighted by Gasteiger charge is -2.08. The topological polar surface area (TPSA) is 29.9 Å². The van der Waals surface area contributed by atoms with Crippen molar-refractivity contribution in [2.75, 3.05) is 12.8 Å². The van der Waals surface area contributed by atoms with Gasteiger partial charge in [-0.15, -0.1) is 11.8 Å². The number of rotatable bonds is 6. The second-order valence-electron chi connectivity index (χ2n) is 3.93. The highest BCUT2D eigenvalue weighted by Crippen LogP contribution is 2.19. The number of nitrogens with one attached hydrogen (secondary N) is 1. The van der Waals surface area contributed by atoms with E-state index < -0.39 is 0 Å². The molecule has 1 heterocycles. The zero-order valence-electron chi connectivity index (χ0n) is 10.1. The SMILES string of the molecule is CNC(C)CCCSc1cc(C)nn1C. The molecule has 0 aliphatic carbocycles. The molecule has 1 atom stereocenters. The van der Waals surface area contributed by atoms with E-state index in [0.29, 0.717) is 6.04 Å². The van der Waals surface area contributed by atoms with Gasteiger partial charge in [0, 0.05) is 13.1 Å². The lowest BCUT2D eigenvalue weighted by atomic mass is 10.2. The summed E-state index contributed by atoms with van der Waals surface area (Å²) in [6.07, 6.45) is 2.48. The lowest BCUT2D eigenvalue weighted by Crippen LogP contribution is -2.20. The zero-order chi connectivity index (χ0) is 11.3. The van der Waals surface area contributed by atoms with E-state index in [-0.39, 0.29) is 0 Å². The van der Waals surface area contributed by atoms with E-state index in [0.717, 1.165) is 5.69 Å². The van der Waals surface area contributed by atoms with Gasteiger partial charge in [0.2, 0.25) is 0 Å². The van der Waals surface area contributed by atoms with E-state index in [1.165, 1.54) is 23.6 Å². The van der Waals surface area contributed by atoms with Gasteiger partial charge in [-0.05, 0) is 45.6 Å². The van der Waals surface area contributed by atoms with Gasteiger partial charge in [-0.1, -0.05) is 0 Å². The summed E-state index contributed by atoms with van der Waals surface area (Å²) < 4.78 is 1.96. The molecule has 4 heteroatoms. The third-order valence-electron chi connectivity index (χ3n) is 2.48. The lowest BCUT2D eigenvalue weighted by molar-refractivity contribution is 0.559. The fraction of sp³-hybridized carbons (Fsp3) is 0.727. The summed E-state index contributed by atoms with van der Waals surface area (Å²) in [7, 11) is 4.02. The summed E-state index contributed by atoms with van der Waals surface area (Å²) >= 11 is 1.89. The third kappa shape index (κ3) is 4.26. The third-order valence-corrected chi connectivity index (χ3v) is 3.65. The van der Waals surface area contributed by atoms with E-state index in [1.54, 1.807) is 0 Å². The summed E-state index contributed by atoms with van der Waals surface area (Å²) in [5.41, 5.74) is 1.10. The summed E-state index contributed by atoms with van der Waals surface area (Å²) in [6, 6.07) is 2.77. The van der Waals surface area contributed by atoms with Crippen LogP contribution in [-0.2, 0) is 7.05 Å². The molecule has 0 saturated carbocycles. The molecule has 0 aromatic carbocycles. The Bertz CT molecular complexity index is 296. The predicted molar refractivity (Wildman–Crippen MR) is 66.4 cm³/mol. The van der Waals surface area contributed by atoms with Crippen molar-refractivity contribution >= 4 is 11.8 Å². The Balaban J connectivity index is 2.23. The van der Waals surface area contributed by atoms with Gasteiger partial charge in [0.25, 0.3) is 0 Å². The van der Waals surface area contributed by atoms with Crippen molar-refractivity contribution in [2.45, 2.75) is 37.8 Å². The first-order valence-corrected chi connectivity index (χ1v) is 6.42. The van der Waals surface area contributed by atoms with Crippen LogP contribution in [0.4, 0.5) is 0 Å². The molecule has 1 rings (SSSR count). The molecule has 1 N–H and O–H groups in total. The normalized spacial score (nSPS) is 13.1. The Hall–Kier alpha value is -0.480. The van der Waals surface area contributed by atoms with Crippen molar-refractivity contribution in [1.29, 1.82) is 0 Å². The maximum atomic E-state index is 4.32. The number of aromatic nitrogens is 2. The van der Waals surface area contributed by atoms with Gasteiger partial charge in [0.1, 0.15) is 0 Å². The van der Waals surface area contributed by atoms with Crippen molar-refractivity contribution in [1.82, 2.24) is 15.1 Å². The molecule has 0 saturated heterocycles. The van der Waals surface area contributed by atoms with E-state index in [4.69, 9.17) is 0 Å². The molecule has 0 aliphatic rings. The molecule has 0 bridgehead atoms. The average molecular weight is 227 g/mol. The fourth-order valence-corrected chi connectivity index (χ4v) is 2.43. The molecule has 0 fully saturated rings. The largest absolute Gasteiger partial charge is 0.317 e. The second-order valence-corrected chi connectivity index (χ2v) is 5.04. The van der Waals surface area contributed by atoms with Crippen molar-refractivity contribution < 1.29 is 0 Å². The van der Waals surface area contributed by atoms with Crippen LogP contribution in [0.5, 0.6) is 0 Å². The molecular weight excluding hydrogens is 206 g/mol. The van der Waals surface area contributed by atoms with Gasteiger partial charge in [0.15, 0.2) is 0 Å². The highest BCUT2D eigenvalue weighted by molar-refractivity contribution is 7.99. The Labute approximate surface area is 96.6 Å². The van der Waals surface area contributed by atoms with Crippen LogP contribution in [0.3, 0.4) is 0 Å². The predicted octanol–water partition coefficient (Wildman–Crippen LogP) is 2.21. The molecule has 0 spiro atoms. The van der Waals surface area contributed by atoms with Crippen LogP contribution in [0.15, 0.2) is 11.1 Å². The first-order valence-electron chi connectivity index (χ1n) is 5.44. The van der Waals surface area contributed by atoms with Crippen molar-refractivity contribution in [3.8, 4) is 0 Å². The van der Waals surface area contributed by atoms with Gasteiger partial charge in [-0.25, -0.2) is 0 Å².